The van der Waals surface area contributed by atoms with Crippen LogP contribution in [-0.2, 0) is 46.5 Å². The fourth-order valence-electron chi connectivity index (χ4n) is 2.66. The predicted molar refractivity (Wildman–Crippen MR) is 118 cm³/mol. The Hall–Kier alpha value is -2.26. The van der Waals surface area contributed by atoms with E-state index in [0.717, 1.165) is 11.1 Å². The average molecular weight is 495 g/mol. The lowest BCUT2D eigenvalue weighted by Crippen LogP contribution is -2.43. The minimum Gasteiger partial charge on any atom is -0.467 e. The molecule has 2 rings (SSSR count). The van der Waals surface area contributed by atoms with E-state index in [4.69, 9.17) is 14.2 Å². The summed E-state index contributed by atoms with van der Waals surface area (Å²) in [6.07, 6.45) is -2.20. The Morgan fingerprint density at radius 2 is 1.23 bits per heavy atom. The smallest absolute Gasteiger partial charge is 0.346 e. The molecule has 0 radical (unpaired) electrons. The van der Waals surface area contributed by atoms with E-state index in [2.05, 4.69) is 25.4 Å². The molecule has 0 unspecified atom stereocenters. The number of carbonyl (C=O) groups is 2. The normalized spacial score (nSPS) is 12.9. The number of methoxy groups -OCH3 is 2. The third-order valence-electron chi connectivity index (χ3n) is 4.33. The number of esters is 2. The maximum atomic E-state index is 12.0. The predicted octanol–water partition coefficient (Wildman–Crippen LogP) is 3.28. The van der Waals surface area contributed by atoms with E-state index in [9.17, 15) is 9.59 Å². The number of rotatable bonds is 13. The topological polar surface area (TPSA) is 80.3 Å². The van der Waals surface area contributed by atoms with Crippen molar-refractivity contribution in [3.63, 3.8) is 0 Å². The molecule has 2 atom stereocenters. The summed E-state index contributed by atoms with van der Waals surface area (Å²) in [6.45, 7) is 1.15. The quantitative estimate of drug-likeness (QED) is 0.240. The minimum absolute atomic E-state index is 0.115. The molecule has 0 saturated carbocycles. The summed E-state index contributed by atoms with van der Waals surface area (Å²) in [6, 6.07) is 19.4. The Bertz CT molecular complexity index is 769. The number of carbonyl (C=O) groups excluding carboxylic acids is 2. The SMILES string of the molecule is COC(=O)C(O[C@@H](COCc1ccccc1)[C@H](Br)COCc1ccccc1)C(=O)OC. The molecular formula is C23H27BrO7. The first kappa shape index (κ1) is 25.0. The van der Waals surface area contributed by atoms with Gasteiger partial charge >= 0.3 is 11.9 Å². The summed E-state index contributed by atoms with van der Waals surface area (Å²) in [7, 11) is 2.36. The van der Waals surface area contributed by atoms with Crippen molar-refractivity contribution in [2.45, 2.75) is 30.2 Å². The van der Waals surface area contributed by atoms with Gasteiger partial charge in [0.05, 0.1) is 51.6 Å². The molecule has 0 heterocycles. The van der Waals surface area contributed by atoms with Crippen LogP contribution in [0.15, 0.2) is 60.7 Å². The van der Waals surface area contributed by atoms with Gasteiger partial charge in [-0.2, -0.15) is 0 Å². The number of benzene rings is 2. The van der Waals surface area contributed by atoms with Gasteiger partial charge in [-0.25, -0.2) is 9.59 Å². The Labute approximate surface area is 190 Å². The van der Waals surface area contributed by atoms with E-state index >= 15 is 0 Å². The van der Waals surface area contributed by atoms with Gasteiger partial charge in [0.25, 0.3) is 6.10 Å². The Morgan fingerprint density at radius 3 is 1.68 bits per heavy atom. The molecule has 31 heavy (non-hydrogen) atoms. The number of hydrogen-bond acceptors (Lipinski definition) is 7. The molecule has 0 bridgehead atoms. The molecule has 7 nitrogen and oxygen atoms in total. The van der Waals surface area contributed by atoms with Gasteiger partial charge in [0.1, 0.15) is 0 Å². The maximum absolute atomic E-state index is 12.0. The number of hydrogen-bond donors (Lipinski definition) is 0. The molecular weight excluding hydrogens is 468 g/mol. The highest BCUT2D eigenvalue weighted by Crippen LogP contribution is 2.17. The zero-order valence-electron chi connectivity index (χ0n) is 17.6. The van der Waals surface area contributed by atoms with Crippen molar-refractivity contribution in [3.8, 4) is 0 Å². The van der Waals surface area contributed by atoms with Crippen LogP contribution in [0.25, 0.3) is 0 Å². The largest absolute Gasteiger partial charge is 0.467 e. The lowest BCUT2D eigenvalue weighted by Gasteiger charge is -2.26. The van der Waals surface area contributed by atoms with Crippen molar-refractivity contribution in [1.82, 2.24) is 0 Å². The molecule has 0 N–H and O–H groups in total. The third-order valence-corrected chi connectivity index (χ3v) is 5.18. The van der Waals surface area contributed by atoms with Crippen LogP contribution in [0.5, 0.6) is 0 Å². The van der Waals surface area contributed by atoms with Crippen LogP contribution in [0.1, 0.15) is 11.1 Å². The molecule has 0 spiro atoms. The second-order valence-corrected chi connectivity index (χ2v) is 7.79. The molecule has 8 heteroatoms. The van der Waals surface area contributed by atoms with Crippen LogP contribution in [-0.4, -0.2) is 56.4 Å². The van der Waals surface area contributed by atoms with E-state index in [1.807, 2.05) is 60.7 Å². The van der Waals surface area contributed by atoms with E-state index in [0.29, 0.717) is 13.2 Å². The first-order valence-corrected chi connectivity index (χ1v) is 10.6. The lowest BCUT2D eigenvalue weighted by atomic mass is 10.2. The fourth-order valence-corrected chi connectivity index (χ4v) is 3.13. The number of halogens is 1. The second-order valence-electron chi connectivity index (χ2n) is 6.62. The summed E-state index contributed by atoms with van der Waals surface area (Å²) in [5.74, 6) is -1.69. The molecule has 0 amide bonds. The van der Waals surface area contributed by atoms with Crippen LogP contribution in [0, 0.1) is 0 Å². The van der Waals surface area contributed by atoms with E-state index in [1.54, 1.807) is 0 Å². The van der Waals surface area contributed by atoms with Gasteiger partial charge in [-0.3, -0.25) is 0 Å². The molecule has 0 aliphatic rings. The summed E-state index contributed by atoms with van der Waals surface area (Å²) >= 11 is 3.54. The zero-order valence-corrected chi connectivity index (χ0v) is 19.2. The second kappa shape index (κ2) is 13.9. The van der Waals surface area contributed by atoms with Crippen LogP contribution in [0.2, 0.25) is 0 Å². The first-order chi connectivity index (χ1) is 15.0. The third kappa shape index (κ3) is 8.78. The summed E-state index contributed by atoms with van der Waals surface area (Å²) in [5, 5.41) is 0. The van der Waals surface area contributed by atoms with Crippen molar-refractivity contribution in [2.75, 3.05) is 27.4 Å². The Balaban J connectivity index is 1.99. The van der Waals surface area contributed by atoms with Crippen LogP contribution in [0.4, 0.5) is 0 Å². The van der Waals surface area contributed by atoms with Crippen LogP contribution in [0.3, 0.4) is 0 Å². The molecule has 2 aromatic carbocycles. The van der Waals surface area contributed by atoms with Crippen molar-refractivity contribution < 1.29 is 33.3 Å². The minimum atomic E-state index is -1.52. The number of ether oxygens (including phenoxy) is 5. The van der Waals surface area contributed by atoms with E-state index < -0.39 is 24.1 Å². The van der Waals surface area contributed by atoms with Gasteiger partial charge in [0.15, 0.2) is 0 Å². The first-order valence-electron chi connectivity index (χ1n) is 9.73. The monoisotopic (exact) mass is 494 g/mol. The van der Waals surface area contributed by atoms with Crippen molar-refractivity contribution in [2.24, 2.45) is 0 Å². The van der Waals surface area contributed by atoms with E-state index in [1.165, 1.54) is 14.2 Å². The van der Waals surface area contributed by atoms with Crippen molar-refractivity contribution in [1.29, 1.82) is 0 Å². The van der Waals surface area contributed by atoms with Gasteiger partial charge < -0.3 is 23.7 Å². The summed E-state index contributed by atoms with van der Waals surface area (Å²) in [5.41, 5.74) is 2.02. The highest BCUT2D eigenvalue weighted by molar-refractivity contribution is 9.09. The highest BCUT2D eigenvalue weighted by Gasteiger charge is 2.35. The average Bonchev–Trinajstić information content (AvgIpc) is 2.81. The Kier molecular flexibility index (Phi) is 11.2. The van der Waals surface area contributed by atoms with Gasteiger partial charge in [-0.1, -0.05) is 76.6 Å². The molecule has 0 fully saturated rings. The molecule has 0 saturated heterocycles. The van der Waals surface area contributed by atoms with Crippen molar-refractivity contribution >= 4 is 27.9 Å². The Morgan fingerprint density at radius 1 is 0.774 bits per heavy atom. The van der Waals surface area contributed by atoms with Gasteiger partial charge in [0, 0.05) is 0 Å². The van der Waals surface area contributed by atoms with Gasteiger partial charge in [-0.15, -0.1) is 0 Å². The molecule has 0 aromatic heterocycles. The van der Waals surface area contributed by atoms with E-state index in [-0.39, 0.29) is 18.0 Å². The lowest BCUT2D eigenvalue weighted by molar-refractivity contribution is -0.177. The molecule has 0 aliphatic heterocycles. The molecule has 0 aliphatic carbocycles. The van der Waals surface area contributed by atoms with Gasteiger partial charge in [-0.05, 0) is 11.1 Å². The maximum Gasteiger partial charge on any atom is 0.346 e. The van der Waals surface area contributed by atoms with Crippen LogP contribution < -0.4 is 0 Å². The summed E-state index contributed by atoms with van der Waals surface area (Å²) < 4.78 is 26.7. The number of alkyl halides is 1. The fraction of sp³-hybridized carbons (Fsp3) is 0.391. The van der Waals surface area contributed by atoms with Crippen molar-refractivity contribution in [3.05, 3.63) is 71.8 Å². The highest BCUT2D eigenvalue weighted by atomic mass is 79.9. The standard InChI is InChI=1S/C23H27BrO7/c1-27-22(25)21(23(26)28-2)31-20(16-30-14-18-11-7-4-8-12-18)19(24)15-29-13-17-9-5-3-6-10-17/h3-12,19-21H,13-16H2,1-2H3/t19-,20+/m1/s1. The van der Waals surface area contributed by atoms with Gasteiger partial charge in [0.2, 0.25) is 0 Å². The summed E-state index contributed by atoms with van der Waals surface area (Å²) in [4.78, 5) is 23.7. The molecule has 168 valence electrons. The van der Waals surface area contributed by atoms with Crippen LogP contribution >= 0.6 is 15.9 Å². The molecule has 2 aromatic rings. The zero-order chi connectivity index (χ0) is 22.5.